The van der Waals surface area contributed by atoms with E-state index in [9.17, 15) is 48.1 Å². The van der Waals surface area contributed by atoms with Gasteiger partial charge in [-0.1, -0.05) is 26.0 Å². The molecule has 0 saturated carbocycles. The topological polar surface area (TPSA) is 468 Å². The van der Waals surface area contributed by atoms with Gasteiger partial charge in [0.25, 0.3) is 11.8 Å². The van der Waals surface area contributed by atoms with Crippen molar-refractivity contribution in [1.82, 2.24) is 59.5 Å². The second kappa shape index (κ2) is 29.2. The van der Waals surface area contributed by atoms with Gasteiger partial charge in [0.2, 0.25) is 11.8 Å². The van der Waals surface area contributed by atoms with E-state index in [1.807, 2.05) is 0 Å². The number of halogens is 1. The molecule has 1 aromatic carbocycles. The molecule has 11 N–H and O–H groups in total. The smallest absolute Gasteiger partial charge is 0.445 e. The number of nitrogen functional groups attached to an aromatic ring is 2. The first kappa shape index (κ1) is 67.5. The van der Waals surface area contributed by atoms with E-state index in [4.69, 9.17) is 82.6 Å². The Bertz CT molecular complexity index is 3690. The van der Waals surface area contributed by atoms with E-state index in [0.29, 0.717) is 11.3 Å². The number of ketones is 1. The second-order valence-electron chi connectivity index (χ2n) is 21.3. The summed E-state index contributed by atoms with van der Waals surface area (Å²) in [6.45, 7) is -8.03. The number of aromatic nitrogens is 8. The van der Waals surface area contributed by atoms with E-state index < -0.39 is 148 Å². The average Bonchev–Trinajstić information content (AvgIpc) is 1.63. The van der Waals surface area contributed by atoms with E-state index in [1.54, 1.807) is 26.0 Å². The van der Waals surface area contributed by atoms with E-state index in [-0.39, 0.29) is 85.9 Å². The first-order chi connectivity index (χ1) is 43.3. The molecule has 91 heavy (non-hydrogen) atoms. The van der Waals surface area contributed by atoms with Crippen LogP contribution in [0, 0.1) is 11.8 Å². The number of fused-ring (bicyclic) bond motifs is 4. The van der Waals surface area contributed by atoms with Crippen molar-refractivity contribution < 1.29 is 94.3 Å². The Morgan fingerprint density at radius 2 is 1.42 bits per heavy atom. The number of hydrogen-bond acceptors (Lipinski definition) is 27. The number of rotatable bonds is 22. The lowest BCUT2D eigenvalue weighted by Gasteiger charge is -2.30. The summed E-state index contributed by atoms with van der Waals surface area (Å²) in [6, 6.07) is 4.43. The number of ether oxygens (including phenoxy) is 5. The Morgan fingerprint density at radius 1 is 0.835 bits per heavy atom. The molecule has 3 unspecified atom stereocenters. The molecule has 40 heteroatoms. The van der Waals surface area contributed by atoms with Crippen LogP contribution in [0.4, 0.5) is 36.1 Å². The van der Waals surface area contributed by atoms with Crippen molar-refractivity contribution >= 4 is 124 Å². The molecule has 4 aromatic heterocycles. The van der Waals surface area contributed by atoms with Crippen molar-refractivity contribution in [2.24, 2.45) is 17.6 Å². The molecule has 4 aliphatic heterocycles. The van der Waals surface area contributed by atoms with Gasteiger partial charge in [-0.05, 0) is 60.1 Å². The monoisotopic (exact) mass is 1350 g/mol. The number of nitrogens with one attached hydrogen (secondary N) is 3. The van der Waals surface area contributed by atoms with Gasteiger partial charge in [0, 0.05) is 56.7 Å². The molecule has 3 saturated heterocycles. The van der Waals surface area contributed by atoms with Gasteiger partial charge in [0.15, 0.2) is 53.4 Å². The fourth-order valence-corrected chi connectivity index (χ4v) is 12.9. The number of imide groups is 1. The highest BCUT2D eigenvalue weighted by atomic mass is 32.5. The summed E-state index contributed by atoms with van der Waals surface area (Å²) in [4.78, 5) is 152. The van der Waals surface area contributed by atoms with Crippen LogP contribution in [0.15, 0.2) is 61.7 Å². The van der Waals surface area contributed by atoms with Gasteiger partial charge < -0.3 is 80.6 Å². The molecule has 12 atom stereocenters. The number of urea groups is 1. The van der Waals surface area contributed by atoms with E-state index in [1.165, 1.54) is 41.0 Å². The number of imidazole rings is 2. The van der Waals surface area contributed by atoms with Crippen molar-refractivity contribution in [2.45, 2.75) is 101 Å². The first-order valence-corrected chi connectivity index (χ1v) is 33.1. The number of likely N-dealkylation sites (N-methyl/N-ethyl adjacent to an activating group) is 1. The van der Waals surface area contributed by atoms with Gasteiger partial charge >= 0.3 is 31.7 Å². The predicted molar refractivity (Wildman–Crippen MR) is 318 cm³/mol. The third kappa shape index (κ3) is 16.6. The van der Waals surface area contributed by atoms with Crippen molar-refractivity contribution in [3.63, 3.8) is 0 Å². The fraction of sp³-hybridized carbons (Fsp3) is 0.490. The Labute approximate surface area is 525 Å². The van der Waals surface area contributed by atoms with E-state index in [0.717, 1.165) is 34.6 Å². The third-order valence-electron chi connectivity index (χ3n) is 14.6. The first-order valence-electron chi connectivity index (χ1n) is 27.9. The minimum atomic E-state index is -4.51. The SMILES string of the molecule is CC(C)[C@H](NC(=O)CCN1C(=O)C=CC1=O)C(=O)C[C@@H](CCCNC(N)=O)C(=O)Nc1ccc(COC(=O)N(C)CCOC(=O)O[C@H]2C(n3cnc4c(N)ncnc43)O[C@@H]3COP(O)(=S)O[C@H]4[C@@H](F)[C@H](n5cnc6c(N)ncnc65)O[C@@H]4COP(O)(=S)O[C@H]32)cc1. The van der Waals surface area contributed by atoms with E-state index >= 15 is 4.39 Å². The van der Waals surface area contributed by atoms with Crippen molar-refractivity contribution in [3.05, 3.63) is 67.3 Å². The molecule has 0 spiro atoms. The summed E-state index contributed by atoms with van der Waals surface area (Å²) in [7, 11) is 1.36. The molecule has 0 bridgehead atoms. The van der Waals surface area contributed by atoms with Crippen molar-refractivity contribution in [1.29, 1.82) is 0 Å². The van der Waals surface area contributed by atoms with Crippen LogP contribution in [0.25, 0.3) is 22.3 Å². The summed E-state index contributed by atoms with van der Waals surface area (Å²) >= 11 is 10.8. The number of benzene rings is 1. The molecule has 4 aliphatic rings. The quantitative estimate of drug-likeness (QED) is 0.0210. The largest absolute Gasteiger partial charge is 0.508 e. The Hall–Kier alpha value is -7.87. The number of nitrogens with zero attached hydrogens (tertiary/aromatic N) is 10. The molecule has 490 valence electrons. The molecule has 5 aromatic rings. The maximum atomic E-state index is 16.5. The lowest BCUT2D eigenvalue weighted by atomic mass is 9.89. The van der Waals surface area contributed by atoms with Crippen LogP contribution in [0.2, 0.25) is 0 Å². The van der Waals surface area contributed by atoms with Crippen LogP contribution in [0.3, 0.4) is 0 Å². The summed E-state index contributed by atoms with van der Waals surface area (Å²) in [5, 5.41) is 7.89. The lowest BCUT2D eigenvalue weighted by molar-refractivity contribution is -0.137. The van der Waals surface area contributed by atoms with Gasteiger partial charge in [-0.2, -0.15) is 0 Å². The van der Waals surface area contributed by atoms with Crippen molar-refractivity contribution in [3.8, 4) is 0 Å². The number of primary amides is 1. The molecule has 7 amide bonds. The molecular formula is C51H63FN16O19P2S2. The summed E-state index contributed by atoms with van der Waals surface area (Å²) in [5.74, 6) is -4.04. The number of Topliss-reactive ketones (excluding diaryl/α,β-unsaturated/α-hetero) is 1. The zero-order chi connectivity index (χ0) is 65.5. The van der Waals surface area contributed by atoms with Crippen LogP contribution in [0.1, 0.15) is 57.6 Å². The van der Waals surface area contributed by atoms with Crippen LogP contribution < -0.4 is 33.2 Å². The molecule has 0 radical (unpaired) electrons. The van der Waals surface area contributed by atoms with Crippen molar-refractivity contribution in [2.75, 3.05) is 63.3 Å². The van der Waals surface area contributed by atoms with Crippen LogP contribution >= 0.6 is 13.4 Å². The van der Waals surface area contributed by atoms with Gasteiger partial charge in [-0.15, -0.1) is 0 Å². The number of carbonyl (C=O) groups excluding carboxylic acids is 8. The van der Waals surface area contributed by atoms with Gasteiger partial charge in [-0.3, -0.25) is 47.1 Å². The Balaban J connectivity index is 0.797. The molecule has 3 fully saturated rings. The summed E-state index contributed by atoms with van der Waals surface area (Å²) < 4.78 is 71.2. The predicted octanol–water partition coefficient (Wildman–Crippen LogP) is 1.42. The zero-order valence-electron chi connectivity index (χ0n) is 48.5. The standard InChI is InChI=1S/C51H63FN16O19P2S2/c1-25(2)36(64-32(70)12-14-66-33(71)10-11-34(66)72)29(69)17-27(5-4-13-56-49(55)74)46(73)63-28-8-6-26(7-9-28)18-80-50(75)65(3)15-16-79-51(76)85-41-40-31(84-48(41)68-24-62-38-43(54)58-22-60-45(38)68)20-82-88(77,90)86-39-30(19-81-89(78,91)87-40)83-47(35(39)52)67-23-61-37-42(53)57-21-59-44(37)67/h6-11,21-25,27,30-31,35-36,39-41,47-48H,4-5,12-20H2,1-3H3,(H,63,73)(H,64,70)(H,77,90)(H,78,91)(H2,53,57,59)(H2,54,58,60)(H3,55,56,74)/t27-,30-,31-,35-,36+,39-,40-,41-,47-,48?,88?,89?/m1/s1. The number of anilines is 3. The number of nitrogens with two attached hydrogens (primary N) is 3. The lowest BCUT2D eigenvalue weighted by Crippen LogP contribution is -2.46. The summed E-state index contributed by atoms with van der Waals surface area (Å²) in [5.41, 5.74) is 18.5. The molecule has 8 heterocycles. The number of hydrogen-bond donors (Lipinski definition) is 8. The maximum Gasteiger partial charge on any atom is 0.508 e. The number of carbonyl (C=O) groups is 8. The second-order valence-corrected chi connectivity index (χ2v) is 26.8. The van der Waals surface area contributed by atoms with Crippen LogP contribution in [0.5, 0.6) is 0 Å². The Kier molecular flexibility index (Phi) is 21.6. The van der Waals surface area contributed by atoms with Crippen LogP contribution in [-0.2, 0) is 96.0 Å². The Morgan fingerprint density at radius 3 is 2.02 bits per heavy atom. The normalized spacial score (nSPS) is 25.6. The summed E-state index contributed by atoms with van der Waals surface area (Å²) in [6.07, 6.45) is -8.38. The zero-order valence-corrected chi connectivity index (χ0v) is 52.0. The van der Waals surface area contributed by atoms with E-state index in [2.05, 4.69) is 45.9 Å². The van der Waals surface area contributed by atoms with Gasteiger partial charge in [-0.25, -0.2) is 48.7 Å². The van der Waals surface area contributed by atoms with Crippen LogP contribution in [-0.4, -0.2) is 196 Å². The van der Waals surface area contributed by atoms with Gasteiger partial charge in [0.05, 0.1) is 38.5 Å². The van der Waals surface area contributed by atoms with Gasteiger partial charge in [0.1, 0.15) is 61.3 Å². The minimum Gasteiger partial charge on any atom is -0.445 e. The number of alkyl halides is 1. The highest BCUT2D eigenvalue weighted by molar-refractivity contribution is 8.07. The third-order valence-corrected chi connectivity index (χ3v) is 17.7. The average molecular weight is 1350 g/mol. The molecule has 9 rings (SSSR count). The minimum absolute atomic E-state index is 0.00562. The fourth-order valence-electron chi connectivity index (χ4n) is 9.98. The maximum absolute atomic E-state index is 16.5. The number of amides is 7. The highest BCUT2D eigenvalue weighted by Crippen LogP contribution is 2.55. The molecule has 35 nitrogen and oxygen atoms in total. The molecule has 0 aliphatic carbocycles. The highest BCUT2D eigenvalue weighted by Gasteiger charge is 2.55. The molecular weight excluding hydrogens is 1290 g/mol.